The number of benzene rings is 3. The summed E-state index contributed by atoms with van der Waals surface area (Å²) in [6, 6.07) is 15.5. The van der Waals surface area contributed by atoms with E-state index in [2.05, 4.69) is 20.6 Å². The predicted octanol–water partition coefficient (Wildman–Crippen LogP) is 6.53. The Morgan fingerprint density at radius 2 is 1.72 bits per heavy atom. The van der Waals surface area contributed by atoms with Gasteiger partial charge in [-0.15, -0.1) is 0 Å². The van der Waals surface area contributed by atoms with Gasteiger partial charge in [-0.1, -0.05) is 18.2 Å². The highest BCUT2D eigenvalue weighted by atomic mass is 19.4. The van der Waals surface area contributed by atoms with Gasteiger partial charge in [0.25, 0.3) is 5.91 Å². The molecule has 0 spiro atoms. The van der Waals surface area contributed by atoms with Crippen molar-refractivity contribution in [1.29, 1.82) is 0 Å². The highest BCUT2D eigenvalue weighted by molar-refractivity contribution is 5.95. The van der Waals surface area contributed by atoms with E-state index >= 15 is 0 Å². The van der Waals surface area contributed by atoms with Gasteiger partial charge in [0, 0.05) is 47.5 Å². The third-order valence-corrected chi connectivity index (χ3v) is 6.97. The average Bonchev–Trinajstić information content (AvgIpc) is 3.37. The molecule has 0 saturated heterocycles. The van der Waals surface area contributed by atoms with Crippen molar-refractivity contribution < 1.29 is 31.5 Å². The van der Waals surface area contributed by atoms with Crippen molar-refractivity contribution in [1.82, 2.24) is 20.6 Å². The number of amides is 2. The van der Waals surface area contributed by atoms with Crippen LogP contribution < -0.4 is 10.6 Å². The monoisotopic (exact) mass is 592 g/mol. The van der Waals surface area contributed by atoms with Crippen LogP contribution in [0.3, 0.4) is 0 Å². The molecule has 3 N–H and O–H groups in total. The molecule has 6 nitrogen and oxygen atoms in total. The fourth-order valence-electron chi connectivity index (χ4n) is 5.01. The molecule has 2 amide bonds. The number of H-pyrrole nitrogens is 1. The van der Waals surface area contributed by atoms with Crippen LogP contribution in [-0.4, -0.2) is 28.8 Å². The molecule has 3 aromatic carbocycles. The normalized spacial score (nSPS) is 12.2. The number of hydrogen-bond donors (Lipinski definition) is 3. The van der Waals surface area contributed by atoms with Gasteiger partial charge in [0.1, 0.15) is 11.6 Å². The van der Waals surface area contributed by atoms with Crippen LogP contribution >= 0.6 is 0 Å². The van der Waals surface area contributed by atoms with E-state index in [9.17, 15) is 31.5 Å². The second-order valence-electron chi connectivity index (χ2n) is 9.95. The van der Waals surface area contributed by atoms with Gasteiger partial charge < -0.3 is 15.6 Å². The summed E-state index contributed by atoms with van der Waals surface area (Å²) in [6.07, 6.45) is -1.90. The molecule has 2 aromatic heterocycles. The molecule has 2 heterocycles. The summed E-state index contributed by atoms with van der Waals surface area (Å²) < 4.78 is 68.2. The van der Waals surface area contributed by atoms with Crippen molar-refractivity contribution in [2.24, 2.45) is 0 Å². The van der Waals surface area contributed by atoms with Crippen molar-refractivity contribution in [3.05, 3.63) is 125 Å². The minimum absolute atomic E-state index is 0.0499. The average molecular weight is 593 g/mol. The maximum Gasteiger partial charge on any atom is 0.416 e. The number of alkyl halides is 3. The number of hydrogen-bond acceptors (Lipinski definition) is 3. The number of nitrogens with zero attached hydrogens (tertiary/aromatic N) is 1. The smallest absolute Gasteiger partial charge is 0.361 e. The van der Waals surface area contributed by atoms with Gasteiger partial charge in [0.15, 0.2) is 0 Å². The number of rotatable bonds is 8. The van der Waals surface area contributed by atoms with E-state index in [1.165, 1.54) is 25.5 Å². The molecular weight excluding hydrogens is 567 g/mol. The molecule has 0 fully saturated rings. The summed E-state index contributed by atoms with van der Waals surface area (Å²) in [5, 5.41) is 5.68. The highest BCUT2D eigenvalue weighted by Gasteiger charge is 2.31. The number of pyridine rings is 1. The van der Waals surface area contributed by atoms with Gasteiger partial charge in [-0.25, -0.2) is 8.78 Å². The Morgan fingerprint density at radius 1 is 0.953 bits per heavy atom. The van der Waals surface area contributed by atoms with Crippen LogP contribution in [0.5, 0.6) is 0 Å². The number of aromatic amines is 1. The second kappa shape index (κ2) is 12.0. The predicted molar refractivity (Wildman–Crippen MR) is 151 cm³/mol. The minimum atomic E-state index is -4.55. The summed E-state index contributed by atoms with van der Waals surface area (Å²) in [4.78, 5) is 33.0. The zero-order valence-electron chi connectivity index (χ0n) is 22.7. The number of halogens is 5. The summed E-state index contributed by atoms with van der Waals surface area (Å²) in [5.41, 5.74) is 2.12. The lowest BCUT2D eigenvalue weighted by atomic mass is 9.94. The maximum atomic E-state index is 14.1. The quantitative estimate of drug-likeness (QED) is 0.179. The van der Waals surface area contributed by atoms with E-state index in [0.29, 0.717) is 33.5 Å². The lowest BCUT2D eigenvalue weighted by Gasteiger charge is -2.22. The van der Waals surface area contributed by atoms with Gasteiger partial charge in [-0.3, -0.25) is 14.6 Å². The summed E-state index contributed by atoms with van der Waals surface area (Å²) in [7, 11) is 1.51. The molecule has 0 aliphatic heterocycles. The molecule has 0 aliphatic rings. The third kappa shape index (κ3) is 6.72. The van der Waals surface area contributed by atoms with E-state index in [4.69, 9.17) is 0 Å². The molecule has 43 heavy (non-hydrogen) atoms. The Morgan fingerprint density at radius 3 is 2.44 bits per heavy atom. The second-order valence-corrected chi connectivity index (χ2v) is 9.95. The first kappa shape index (κ1) is 29.4. The zero-order chi connectivity index (χ0) is 30.7. The molecule has 220 valence electrons. The SMILES string of the molecule is CNC(=O)c1cccc(-c2cccnc2[C@H](Cc2cc(F)cc(F)c2)NC(=O)Cc2c[nH]c3ccc(C(F)(F)F)cc23)c1. The molecule has 5 aromatic rings. The van der Waals surface area contributed by atoms with E-state index in [1.807, 2.05) is 0 Å². The van der Waals surface area contributed by atoms with Crippen molar-refractivity contribution in [2.45, 2.75) is 25.1 Å². The summed E-state index contributed by atoms with van der Waals surface area (Å²) >= 11 is 0. The molecule has 0 radical (unpaired) electrons. The molecule has 0 saturated carbocycles. The maximum absolute atomic E-state index is 14.1. The number of aromatic nitrogens is 2. The number of fused-ring (bicyclic) bond motifs is 1. The van der Waals surface area contributed by atoms with Crippen LogP contribution in [0.15, 0.2) is 85.2 Å². The van der Waals surface area contributed by atoms with Gasteiger partial charge in [-0.2, -0.15) is 13.2 Å². The minimum Gasteiger partial charge on any atom is -0.361 e. The fourth-order valence-corrected chi connectivity index (χ4v) is 5.01. The van der Waals surface area contributed by atoms with E-state index in [1.54, 1.807) is 36.4 Å². The van der Waals surface area contributed by atoms with Crippen molar-refractivity contribution >= 4 is 22.7 Å². The zero-order valence-corrected chi connectivity index (χ0v) is 22.7. The lowest BCUT2D eigenvalue weighted by Crippen LogP contribution is -2.32. The summed E-state index contributed by atoms with van der Waals surface area (Å²) in [5.74, 6) is -2.44. The van der Waals surface area contributed by atoms with Crippen molar-refractivity contribution in [2.75, 3.05) is 7.05 Å². The first-order chi connectivity index (χ1) is 20.5. The van der Waals surface area contributed by atoms with Crippen LogP contribution in [0.4, 0.5) is 22.0 Å². The first-order valence-electron chi connectivity index (χ1n) is 13.2. The van der Waals surface area contributed by atoms with E-state index in [-0.39, 0.29) is 29.7 Å². The van der Waals surface area contributed by atoms with Crippen LogP contribution in [0.1, 0.15) is 38.8 Å². The Bertz CT molecular complexity index is 1800. The molecular formula is C32H25F5N4O2. The third-order valence-electron chi connectivity index (χ3n) is 6.97. The van der Waals surface area contributed by atoms with E-state index < -0.39 is 35.3 Å². The number of nitrogens with one attached hydrogen (secondary N) is 3. The molecule has 1 atom stereocenters. The van der Waals surface area contributed by atoms with Crippen LogP contribution in [0.2, 0.25) is 0 Å². The molecule has 0 bridgehead atoms. The van der Waals surface area contributed by atoms with E-state index in [0.717, 1.165) is 30.3 Å². The number of carbonyl (C=O) groups excluding carboxylic acids is 2. The molecule has 5 rings (SSSR count). The van der Waals surface area contributed by atoms with Crippen LogP contribution in [0.25, 0.3) is 22.0 Å². The van der Waals surface area contributed by atoms with Crippen molar-refractivity contribution in [3.63, 3.8) is 0 Å². The fraction of sp³-hybridized carbons (Fsp3) is 0.156. The Hall–Kier alpha value is -5.06. The van der Waals surface area contributed by atoms with Gasteiger partial charge in [0.2, 0.25) is 5.91 Å². The summed E-state index contributed by atoms with van der Waals surface area (Å²) in [6.45, 7) is 0. The Balaban J connectivity index is 1.51. The molecule has 11 heteroatoms. The van der Waals surface area contributed by atoms with Crippen LogP contribution in [0, 0.1) is 11.6 Å². The topological polar surface area (TPSA) is 86.9 Å². The number of carbonyl (C=O) groups is 2. The highest BCUT2D eigenvalue weighted by Crippen LogP contribution is 2.33. The Kier molecular flexibility index (Phi) is 8.24. The Labute approximate surface area is 243 Å². The van der Waals surface area contributed by atoms with Crippen LogP contribution in [-0.2, 0) is 23.8 Å². The molecule has 0 unspecified atom stereocenters. The van der Waals surface area contributed by atoms with Gasteiger partial charge in [0.05, 0.1) is 23.7 Å². The lowest BCUT2D eigenvalue weighted by molar-refractivity contribution is -0.137. The standard InChI is InChI=1S/C32H25F5N4O2/c1-38-31(43)20-5-2-4-19(13-20)25-6-3-9-39-30(25)28(12-18-10-23(33)16-24(34)11-18)41-29(42)14-21-17-40-27-8-7-22(15-26(21)27)32(35,36)37/h2-11,13,15-17,28,40H,12,14H2,1H3,(H,38,43)(H,41,42)/t28-/m0/s1. The van der Waals surface area contributed by atoms with Crippen molar-refractivity contribution in [3.8, 4) is 11.1 Å². The largest absolute Gasteiger partial charge is 0.416 e. The first-order valence-corrected chi connectivity index (χ1v) is 13.2. The van der Waals surface area contributed by atoms with Gasteiger partial charge >= 0.3 is 6.18 Å². The van der Waals surface area contributed by atoms with Gasteiger partial charge in [-0.05, 0) is 71.6 Å². The molecule has 0 aliphatic carbocycles.